The lowest BCUT2D eigenvalue weighted by molar-refractivity contribution is 0.133. The second-order valence-electron chi connectivity index (χ2n) is 6.32. The largest absolute Gasteiger partial charge is 0.377 e. The van der Waals surface area contributed by atoms with Crippen LogP contribution in [0.2, 0.25) is 0 Å². The van der Waals surface area contributed by atoms with E-state index in [0.29, 0.717) is 18.1 Å². The van der Waals surface area contributed by atoms with Gasteiger partial charge in [0.15, 0.2) is 0 Å². The number of aryl methyl sites for hydroxylation is 2. The van der Waals surface area contributed by atoms with E-state index in [2.05, 4.69) is 4.72 Å². The van der Waals surface area contributed by atoms with Crippen LogP contribution in [0.25, 0.3) is 0 Å². The van der Waals surface area contributed by atoms with Crippen molar-refractivity contribution in [1.29, 1.82) is 0 Å². The number of nitrogens with one attached hydrogen (secondary N) is 1. The summed E-state index contributed by atoms with van der Waals surface area (Å²) >= 11 is 0. The lowest BCUT2D eigenvalue weighted by Crippen LogP contribution is -2.26. The van der Waals surface area contributed by atoms with Crippen molar-refractivity contribution in [2.24, 2.45) is 0 Å². The van der Waals surface area contributed by atoms with Crippen LogP contribution in [0.3, 0.4) is 0 Å². The van der Waals surface area contributed by atoms with Gasteiger partial charge in [-0.15, -0.1) is 0 Å². The summed E-state index contributed by atoms with van der Waals surface area (Å²) in [6, 6.07) is 9.77. The number of hydrogen-bond donors (Lipinski definition) is 1. The van der Waals surface area contributed by atoms with Crippen molar-refractivity contribution in [2.75, 3.05) is 6.61 Å². The van der Waals surface area contributed by atoms with Gasteiger partial charge in [-0.05, 0) is 68.0 Å². The van der Waals surface area contributed by atoms with Gasteiger partial charge in [-0.25, -0.2) is 13.1 Å². The third-order valence-electron chi connectivity index (χ3n) is 4.60. The zero-order valence-corrected chi connectivity index (χ0v) is 16.5. The van der Waals surface area contributed by atoms with Crippen molar-refractivity contribution >= 4 is 10.0 Å². The Kier molecular flexibility index (Phi) is 6.38. The number of rotatable bonds is 7. The molecule has 1 N–H and O–H groups in total. The van der Waals surface area contributed by atoms with Gasteiger partial charge in [0.2, 0.25) is 10.0 Å². The third-order valence-corrected chi connectivity index (χ3v) is 6.27. The Bertz CT molecular complexity index is 831. The molecule has 2 aromatic carbocycles. The van der Waals surface area contributed by atoms with Gasteiger partial charge in [0.05, 0.1) is 11.5 Å². The van der Waals surface area contributed by atoms with Crippen LogP contribution in [0.15, 0.2) is 35.2 Å². The molecule has 4 nitrogen and oxygen atoms in total. The first-order valence-electron chi connectivity index (χ1n) is 8.49. The Balaban J connectivity index is 2.30. The molecule has 25 heavy (non-hydrogen) atoms. The summed E-state index contributed by atoms with van der Waals surface area (Å²) in [5.74, 6) is 0. The molecule has 0 saturated heterocycles. The average Bonchev–Trinajstić information content (AvgIpc) is 2.57. The minimum absolute atomic E-state index is 0.247. The van der Waals surface area contributed by atoms with Crippen LogP contribution < -0.4 is 4.72 Å². The van der Waals surface area contributed by atoms with Crippen molar-refractivity contribution in [3.63, 3.8) is 0 Å². The van der Waals surface area contributed by atoms with E-state index in [1.807, 2.05) is 65.0 Å². The van der Waals surface area contributed by atoms with Gasteiger partial charge in [0, 0.05) is 13.2 Å². The molecule has 0 atom stereocenters. The van der Waals surface area contributed by atoms with E-state index in [1.54, 1.807) is 0 Å². The van der Waals surface area contributed by atoms with E-state index >= 15 is 0 Å². The van der Waals surface area contributed by atoms with Crippen LogP contribution in [-0.2, 0) is 27.9 Å². The molecular formula is C20H27NO3S. The Morgan fingerprint density at radius 1 is 0.960 bits per heavy atom. The van der Waals surface area contributed by atoms with Gasteiger partial charge in [0.1, 0.15) is 0 Å². The zero-order chi connectivity index (χ0) is 18.6. The summed E-state index contributed by atoms with van der Waals surface area (Å²) in [5, 5.41) is 0. The maximum atomic E-state index is 12.9. The topological polar surface area (TPSA) is 55.4 Å². The molecule has 0 heterocycles. The second kappa shape index (κ2) is 8.13. The zero-order valence-electron chi connectivity index (χ0n) is 15.6. The summed E-state index contributed by atoms with van der Waals surface area (Å²) in [6.45, 7) is 10.9. The Labute approximate surface area is 151 Å². The molecule has 2 aromatic rings. The summed E-state index contributed by atoms with van der Waals surface area (Å²) in [7, 11) is -3.59. The van der Waals surface area contributed by atoms with Crippen molar-refractivity contribution in [2.45, 2.75) is 52.7 Å². The smallest absolute Gasteiger partial charge is 0.241 e. The molecule has 0 unspecified atom stereocenters. The highest BCUT2D eigenvalue weighted by molar-refractivity contribution is 7.89. The molecule has 0 spiro atoms. The Hall–Kier alpha value is -1.69. The highest BCUT2D eigenvalue weighted by Gasteiger charge is 2.22. The van der Waals surface area contributed by atoms with Crippen molar-refractivity contribution in [3.05, 3.63) is 63.7 Å². The molecular weight excluding hydrogens is 334 g/mol. The maximum Gasteiger partial charge on any atom is 0.241 e. The van der Waals surface area contributed by atoms with E-state index < -0.39 is 10.0 Å². The van der Waals surface area contributed by atoms with Gasteiger partial charge >= 0.3 is 0 Å². The summed E-state index contributed by atoms with van der Waals surface area (Å²) in [4.78, 5) is 0.396. The fourth-order valence-electron chi connectivity index (χ4n) is 2.91. The number of sulfonamides is 1. The van der Waals surface area contributed by atoms with Gasteiger partial charge in [-0.1, -0.05) is 30.3 Å². The molecule has 0 aliphatic carbocycles. The first-order valence-corrected chi connectivity index (χ1v) is 9.97. The predicted octanol–water partition coefficient (Wildman–Crippen LogP) is 3.94. The van der Waals surface area contributed by atoms with E-state index in [4.69, 9.17) is 4.74 Å². The highest BCUT2D eigenvalue weighted by atomic mass is 32.2. The third kappa shape index (κ3) is 4.48. The lowest BCUT2D eigenvalue weighted by atomic mass is 10.0. The van der Waals surface area contributed by atoms with E-state index in [-0.39, 0.29) is 6.54 Å². The molecule has 0 amide bonds. The molecule has 2 rings (SSSR count). The van der Waals surface area contributed by atoms with Crippen LogP contribution in [0, 0.1) is 27.7 Å². The van der Waals surface area contributed by atoms with Crippen LogP contribution in [0.5, 0.6) is 0 Å². The van der Waals surface area contributed by atoms with Crippen molar-refractivity contribution < 1.29 is 13.2 Å². The van der Waals surface area contributed by atoms with Crippen LogP contribution in [-0.4, -0.2) is 15.0 Å². The van der Waals surface area contributed by atoms with Crippen molar-refractivity contribution in [1.82, 2.24) is 4.72 Å². The summed E-state index contributed by atoms with van der Waals surface area (Å²) in [5.41, 5.74) is 5.51. The average molecular weight is 362 g/mol. The minimum Gasteiger partial charge on any atom is -0.377 e. The molecule has 0 aromatic heterocycles. The van der Waals surface area contributed by atoms with Gasteiger partial charge in [0.25, 0.3) is 0 Å². The molecule has 0 aliphatic rings. The normalized spacial score (nSPS) is 11.7. The Morgan fingerprint density at radius 3 is 2.08 bits per heavy atom. The van der Waals surface area contributed by atoms with Gasteiger partial charge < -0.3 is 4.74 Å². The van der Waals surface area contributed by atoms with Gasteiger partial charge in [-0.2, -0.15) is 0 Å². The van der Waals surface area contributed by atoms with E-state index in [1.165, 1.54) is 0 Å². The lowest BCUT2D eigenvalue weighted by Gasteiger charge is -2.17. The first kappa shape index (κ1) is 19.6. The van der Waals surface area contributed by atoms with Crippen LogP contribution in [0.1, 0.15) is 40.3 Å². The van der Waals surface area contributed by atoms with Crippen LogP contribution in [0.4, 0.5) is 0 Å². The minimum atomic E-state index is -3.59. The molecule has 0 bridgehead atoms. The molecule has 5 heteroatoms. The fourth-order valence-corrected chi connectivity index (χ4v) is 4.53. The fraction of sp³-hybridized carbons (Fsp3) is 0.400. The summed E-state index contributed by atoms with van der Waals surface area (Å²) in [6.07, 6.45) is 0. The van der Waals surface area contributed by atoms with Gasteiger partial charge in [-0.3, -0.25) is 0 Å². The summed E-state index contributed by atoms with van der Waals surface area (Å²) < 4.78 is 34.1. The molecule has 0 saturated carbocycles. The first-order chi connectivity index (χ1) is 11.8. The monoisotopic (exact) mass is 361 g/mol. The maximum absolute atomic E-state index is 12.9. The van der Waals surface area contributed by atoms with Crippen LogP contribution >= 0.6 is 0 Å². The quantitative estimate of drug-likeness (QED) is 0.813. The molecule has 0 fully saturated rings. The standard InChI is InChI=1S/C20H27NO3S/c1-6-24-13-19-10-8-7-9-18(19)12-21-25(22,23)20-16(4)14(2)11-15(3)17(20)5/h7-11,21H,6,12-13H2,1-5H3. The Morgan fingerprint density at radius 2 is 1.52 bits per heavy atom. The SMILES string of the molecule is CCOCc1ccccc1CNS(=O)(=O)c1c(C)c(C)cc(C)c1C. The van der Waals surface area contributed by atoms with Crippen molar-refractivity contribution in [3.8, 4) is 0 Å². The predicted molar refractivity (Wildman–Crippen MR) is 101 cm³/mol. The number of hydrogen-bond acceptors (Lipinski definition) is 3. The van der Waals surface area contributed by atoms with E-state index in [9.17, 15) is 8.42 Å². The second-order valence-corrected chi connectivity index (χ2v) is 8.02. The highest BCUT2D eigenvalue weighted by Crippen LogP contribution is 2.26. The van der Waals surface area contributed by atoms with E-state index in [0.717, 1.165) is 33.4 Å². The number of benzene rings is 2. The molecule has 0 aliphatic heterocycles. The number of ether oxygens (including phenoxy) is 1. The molecule has 136 valence electrons. The molecule has 0 radical (unpaired) electrons.